The minimum absolute atomic E-state index is 0.134. The van der Waals surface area contributed by atoms with Gasteiger partial charge in [-0.1, -0.05) is 11.6 Å². The van der Waals surface area contributed by atoms with Crippen molar-refractivity contribution < 1.29 is 9.90 Å². The minimum atomic E-state index is 0.134. The number of aromatic hydroxyl groups is 1. The number of aromatic nitrogens is 1. The largest absolute Gasteiger partial charge is 0.506 e. The maximum Gasteiger partial charge on any atom is 0.133 e. The number of carbonyl (C=O) groups is 1. The zero-order valence-corrected chi connectivity index (χ0v) is 7.67. The van der Waals surface area contributed by atoms with E-state index in [1.54, 1.807) is 0 Å². The predicted octanol–water partition coefficient (Wildman–Crippen LogP) is 2.04. The molecule has 0 aliphatic heterocycles. The second-order valence-electron chi connectivity index (χ2n) is 2.25. The summed E-state index contributed by atoms with van der Waals surface area (Å²) < 4.78 is 0. The molecule has 0 unspecified atom stereocenters. The standard InChI is InChI=1S/C5H4ClNO.C3H6O/c6-5-2-1-4(8)3-7-5;1-3(2)4/h1-3,8H;1-2H3. The molecule has 0 aliphatic carbocycles. The molecule has 12 heavy (non-hydrogen) atoms. The molecule has 0 saturated heterocycles. The molecule has 0 saturated carbocycles. The second kappa shape index (κ2) is 5.55. The first kappa shape index (κ1) is 10.9. The summed E-state index contributed by atoms with van der Waals surface area (Å²) in [6.45, 7) is 3.06. The first-order valence-electron chi connectivity index (χ1n) is 3.30. The number of rotatable bonds is 0. The van der Waals surface area contributed by atoms with Crippen LogP contribution in [0.3, 0.4) is 0 Å². The van der Waals surface area contributed by atoms with E-state index in [0.717, 1.165) is 0 Å². The maximum atomic E-state index is 9.44. The molecule has 0 spiro atoms. The van der Waals surface area contributed by atoms with Crippen molar-refractivity contribution in [1.82, 2.24) is 4.98 Å². The second-order valence-corrected chi connectivity index (χ2v) is 2.63. The third-order valence-electron chi connectivity index (χ3n) is 0.712. The van der Waals surface area contributed by atoms with E-state index in [-0.39, 0.29) is 11.5 Å². The fourth-order valence-electron chi connectivity index (χ4n) is 0.368. The Morgan fingerprint density at radius 2 is 2.00 bits per heavy atom. The molecular formula is C8H10ClNO2. The normalized spacial score (nSPS) is 8.25. The summed E-state index contributed by atoms with van der Waals surface area (Å²) in [5.41, 5.74) is 0. The Labute approximate surface area is 76.0 Å². The van der Waals surface area contributed by atoms with Crippen LogP contribution < -0.4 is 0 Å². The van der Waals surface area contributed by atoms with Crippen molar-refractivity contribution in [3.05, 3.63) is 23.5 Å². The monoisotopic (exact) mass is 187 g/mol. The molecule has 1 N–H and O–H groups in total. The van der Waals surface area contributed by atoms with Crippen molar-refractivity contribution in [3.63, 3.8) is 0 Å². The SMILES string of the molecule is CC(C)=O.Oc1ccc(Cl)nc1. The summed E-state index contributed by atoms with van der Waals surface area (Å²) in [7, 11) is 0. The minimum Gasteiger partial charge on any atom is -0.506 e. The molecule has 1 aromatic heterocycles. The molecule has 1 rings (SSSR count). The van der Waals surface area contributed by atoms with E-state index in [0.29, 0.717) is 5.15 Å². The van der Waals surface area contributed by atoms with E-state index in [1.165, 1.54) is 32.2 Å². The number of halogens is 1. The van der Waals surface area contributed by atoms with Gasteiger partial charge >= 0.3 is 0 Å². The lowest BCUT2D eigenvalue weighted by atomic mass is 10.5. The molecule has 3 nitrogen and oxygen atoms in total. The van der Waals surface area contributed by atoms with E-state index in [4.69, 9.17) is 16.7 Å². The van der Waals surface area contributed by atoms with Crippen molar-refractivity contribution in [2.24, 2.45) is 0 Å². The third kappa shape index (κ3) is 7.02. The van der Waals surface area contributed by atoms with Crippen LogP contribution in [0.1, 0.15) is 13.8 Å². The lowest BCUT2D eigenvalue weighted by Crippen LogP contribution is -1.69. The molecule has 0 aromatic carbocycles. The molecule has 0 atom stereocenters. The van der Waals surface area contributed by atoms with Crippen LogP contribution in [0.25, 0.3) is 0 Å². The molecule has 0 aliphatic rings. The van der Waals surface area contributed by atoms with Gasteiger partial charge < -0.3 is 9.90 Å². The average molecular weight is 188 g/mol. The highest BCUT2D eigenvalue weighted by atomic mass is 35.5. The Morgan fingerprint density at radius 3 is 2.25 bits per heavy atom. The summed E-state index contributed by atoms with van der Waals surface area (Å²) in [4.78, 5) is 13.0. The maximum absolute atomic E-state index is 9.44. The number of ketones is 1. The number of nitrogens with zero attached hydrogens (tertiary/aromatic N) is 1. The Balaban J connectivity index is 0.000000261. The van der Waals surface area contributed by atoms with Gasteiger partial charge in [-0.15, -0.1) is 0 Å². The molecular weight excluding hydrogens is 178 g/mol. The average Bonchev–Trinajstić information content (AvgIpc) is 1.94. The Morgan fingerprint density at radius 1 is 1.50 bits per heavy atom. The zero-order chi connectivity index (χ0) is 9.56. The van der Waals surface area contributed by atoms with Gasteiger partial charge in [0.25, 0.3) is 0 Å². The summed E-state index contributed by atoms with van der Waals surface area (Å²) >= 11 is 5.39. The molecule has 66 valence electrons. The summed E-state index contributed by atoms with van der Waals surface area (Å²) in [6, 6.07) is 3.01. The third-order valence-corrected chi connectivity index (χ3v) is 0.935. The van der Waals surface area contributed by atoms with Gasteiger partial charge in [-0.2, -0.15) is 0 Å². The Bertz CT molecular complexity index is 221. The van der Waals surface area contributed by atoms with Crippen molar-refractivity contribution in [3.8, 4) is 5.75 Å². The molecule has 0 bridgehead atoms. The van der Waals surface area contributed by atoms with Crippen molar-refractivity contribution in [2.75, 3.05) is 0 Å². The summed E-state index contributed by atoms with van der Waals surface area (Å²) in [5, 5.41) is 9.03. The van der Waals surface area contributed by atoms with Crippen molar-refractivity contribution in [1.29, 1.82) is 0 Å². The van der Waals surface area contributed by atoms with Gasteiger partial charge in [-0.05, 0) is 26.0 Å². The van der Waals surface area contributed by atoms with E-state index >= 15 is 0 Å². The van der Waals surface area contributed by atoms with Gasteiger partial charge in [0, 0.05) is 0 Å². The highest BCUT2D eigenvalue weighted by molar-refractivity contribution is 6.29. The summed E-state index contributed by atoms with van der Waals surface area (Å²) in [5.74, 6) is 0.300. The Kier molecular flexibility index (Phi) is 5.04. The number of hydrogen-bond acceptors (Lipinski definition) is 3. The predicted molar refractivity (Wildman–Crippen MR) is 47.3 cm³/mol. The fraction of sp³-hybridized carbons (Fsp3) is 0.250. The first-order valence-corrected chi connectivity index (χ1v) is 3.68. The highest BCUT2D eigenvalue weighted by Gasteiger charge is 1.85. The lowest BCUT2D eigenvalue weighted by molar-refractivity contribution is -0.114. The van der Waals surface area contributed by atoms with Crippen LogP contribution >= 0.6 is 11.6 Å². The first-order chi connectivity index (χ1) is 5.52. The number of hydrogen-bond donors (Lipinski definition) is 1. The van der Waals surface area contributed by atoms with Crippen molar-refractivity contribution >= 4 is 17.4 Å². The smallest absolute Gasteiger partial charge is 0.133 e. The molecule has 1 aromatic rings. The van der Waals surface area contributed by atoms with E-state index < -0.39 is 0 Å². The van der Waals surface area contributed by atoms with E-state index in [2.05, 4.69) is 4.98 Å². The highest BCUT2D eigenvalue weighted by Crippen LogP contribution is 2.08. The number of Topliss-reactive ketones (excluding diaryl/α,β-unsaturated/α-hetero) is 1. The topological polar surface area (TPSA) is 50.2 Å². The van der Waals surface area contributed by atoms with E-state index in [1.807, 2.05) is 0 Å². The van der Waals surface area contributed by atoms with Crippen LogP contribution in [0, 0.1) is 0 Å². The molecule has 0 radical (unpaired) electrons. The Hall–Kier alpha value is -1.09. The van der Waals surface area contributed by atoms with Crippen LogP contribution in [0.2, 0.25) is 5.15 Å². The summed E-state index contributed by atoms with van der Waals surface area (Å²) in [6.07, 6.45) is 1.29. The van der Waals surface area contributed by atoms with E-state index in [9.17, 15) is 4.79 Å². The molecule has 4 heteroatoms. The lowest BCUT2D eigenvalue weighted by Gasteiger charge is -1.86. The molecule has 0 amide bonds. The van der Waals surface area contributed by atoms with Gasteiger partial charge in [0.1, 0.15) is 16.7 Å². The van der Waals surface area contributed by atoms with Crippen LogP contribution in [0.5, 0.6) is 5.75 Å². The van der Waals surface area contributed by atoms with Crippen LogP contribution in [-0.2, 0) is 4.79 Å². The zero-order valence-electron chi connectivity index (χ0n) is 6.91. The van der Waals surface area contributed by atoms with Crippen molar-refractivity contribution in [2.45, 2.75) is 13.8 Å². The number of pyridine rings is 1. The van der Waals surface area contributed by atoms with Gasteiger partial charge in [-0.3, -0.25) is 0 Å². The van der Waals surface area contributed by atoms with Crippen LogP contribution in [0.4, 0.5) is 0 Å². The van der Waals surface area contributed by atoms with Crippen LogP contribution in [-0.4, -0.2) is 15.9 Å². The molecule has 1 heterocycles. The van der Waals surface area contributed by atoms with Gasteiger partial charge in [0.2, 0.25) is 0 Å². The van der Waals surface area contributed by atoms with Crippen LogP contribution in [0.15, 0.2) is 18.3 Å². The van der Waals surface area contributed by atoms with Gasteiger partial charge in [0.05, 0.1) is 6.20 Å². The number of carbonyl (C=O) groups excluding carboxylic acids is 1. The molecule has 0 fully saturated rings. The fourth-order valence-corrected chi connectivity index (χ4v) is 0.480. The van der Waals surface area contributed by atoms with Gasteiger partial charge in [-0.25, -0.2) is 4.98 Å². The quantitative estimate of drug-likeness (QED) is 0.633. The van der Waals surface area contributed by atoms with Gasteiger partial charge in [0.15, 0.2) is 0 Å².